The summed E-state index contributed by atoms with van der Waals surface area (Å²) in [4.78, 5) is 0. The number of fused-ring (bicyclic) bond motifs is 1. The highest BCUT2D eigenvalue weighted by Gasteiger charge is 2.31. The molecule has 0 N–H and O–H groups in total. The van der Waals surface area contributed by atoms with Crippen LogP contribution < -0.4 is 0 Å². The van der Waals surface area contributed by atoms with Crippen molar-refractivity contribution in [3.05, 3.63) is 36.5 Å². The van der Waals surface area contributed by atoms with Gasteiger partial charge >= 0.3 is 6.30 Å². The molecule has 4 heteroatoms. The van der Waals surface area contributed by atoms with Crippen LogP contribution in [0.3, 0.4) is 0 Å². The molecule has 2 aromatic rings. The van der Waals surface area contributed by atoms with Crippen molar-refractivity contribution < 1.29 is 13.2 Å². The summed E-state index contributed by atoms with van der Waals surface area (Å²) in [5.41, 5.74) is 0.134. The van der Waals surface area contributed by atoms with Gasteiger partial charge in [0.05, 0.1) is 11.7 Å². The maximum atomic E-state index is 12.3. The highest BCUT2D eigenvalue weighted by atomic mass is 19.4. The minimum Gasteiger partial charge on any atom is -0.250 e. The molecule has 0 aliphatic rings. The largest absolute Gasteiger partial charge is 0.489 e. The van der Waals surface area contributed by atoms with E-state index in [1.165, 1.54) is 12.1 Å². The molecule has 0 unspecified atom stereocenters. The summed E-state index contributed by atoms with van der Waals surface area (Å²) in [5, 5.41) is 0.542. The molecule has 0 atom stereocenters. The average Bonchev–Trinajstić information content (AvgIpc) is 2.45. The summed E-state index contributed by atoms with van der Waals surface area (Å²) < 4.78 is 37.0. The van der Waals surface area contributed by atoms with Crippen LogP contribution in [0.2, 0.25) is 0 Å². The summed E-state index contributed by atoms with van der Waals surface area (Å²) >= 11 is 0. The van der Waals surface area contributed by atoms with E-state index in [-0.39, 0.29) is 10.1 Å². The van der Waals surface area contributed by atoms with Crippen LogP contribution in [-0.4, -0.2) is 4.57 Å². The van der Waals surface area contributed by atoms with E-state index in [9.17, 15) is 13.2 Å². The zero-order valence-corrected chi connectivity index (χ0v) is 6.47. The molecule has 1 aromatic heterocycles. The molecule has 1 heterocycles. The Bertz CT molecular complexity index is 428. The number of rotatable bonds is 0. The van der Waals surface area contributed by atoms with E-state index in [0.29, 0.717) is 5.39 Å². The van der Waals surface area contributed by atoms with Crippen molar-refractivity contribution in [2.75, 3.05) is 0 Å². The Morgan fingerprint density at radius 1 is 1.15 bits per heavy atom. The fourth-order valence-electron chi connectivity index (χ4n) is 1.23. The lowest BCUT2D eigenvalue weighted by Gasteiger charge is -2.07. The molecule has 1 aromatic carbocycles. The van der Waals surface area contributed by atoms with Gasteiger partial charge in [0.2, 0.25) is 0 Å². The lowest BCUT2D eigenvalue weighted by molar-refractivity contribution is -0.201. The highest BCUT2D eigenvalue weighted by Crippen LogP contribution is 2.27. The van der Waals surface area contributed by atoms with Crippen molar-refractivity contribution in [2.45, 2.75) is 6.30 Å². The lowest BCUT2D eigenvalue weighted by Crippen LogP contribution is -2.15. The molecule has 0 saturated carbocycles. The fourth-order valence-corrected chi connectivity index (χ4v) is 1.23. The fraction of sp³-hybridized carbons (Fsp3) is 0.111. The Labute approximate surface area is 72.4 Å². The number of hydrogen-bond donors (Lipinski definition) is 0. The standard InChI is InChI=1S/C9H5F3N/c10-9(11,12)13-6-5-7-3-1-2-4-8(7)13/h1-5H. The number of nitrogens with zero attached hydrogens (tertiary/aromatic N) is 1. The summed E-state index contributed by atoms with van der Waals surface area (Å²) in [5.74, 6) is 0. The van der Waals surface area contributed by atoms with Gasteiger partial charge in [-0.3, -0.25) is 4.57 Å². The van der Waals surface area contributed by atoms with E-state index < -0.39 is 6.30 Å². The first-order valence-corrected chi connectivity index (χ1v) is 3.64. The van der Waals surface area contributed by atoms with Crippen LogP contribution in [0.4, 0.5) is 13.2 Å². The first kappa shape index (κ1) is 8.16. The van der Waals surface area contributed by atoms with Gasteiger partial charge in [-0.1, -0.05) is 18.2 Å². The van der Waals surface area contributed by atoms with Gasteiger partial charge < -0.3 is 0 Å². The molecule has 13 heavy (non-hydrogen) atoms. The van der Waals surface area contributed by atoms with Crippen LogP contribution in [0.5, 0.6) is 0 Å². The number of para-hydroxylation sites is 1. The van der Waals surface area contributed by atoms with Gasteiger partial charge in [-0.2, -0.15) is 0 Å². The molecular formula is C9H5F3N. The SMILES string of the molecule is FC(F)(F)n1[c]cc2ccccc21. The quantitative estimate of drug-likeness (QED) is 0.593. The Kier molecular flexibility index (Phi) is 1.58. The third-order valence-corrected chi connectivity index (χ3v) is 1.78. The molecule has 67 valence electrons. The topological polar surface area (TPSA) is 4.93 Å². The Balaban J connectivity index is 2.72. The normalized spacial score (nSPS) is 12.2. The van der Waals surface area contributed by atoms with E-state index in [0.717, 1.165) is 0 Å². The number of halogens is 3. The number of hydrogen-bond acceptors (Lipinski definition) is 0. The molecule has 0 aliphatic heterocycles. The van der Waals surface area contributed by atoms with Gasteiger partial charge in [0.25, 0.3) is 0 Å². The van der Waals surface area contributed by atoms with Gasteiger partial charge in [0.15, 0.2) is 0 Å². The minimum absolute atomic E-state index is 0.134. The van der Waals surface area contributed by atoms with E-state index in [4.69, 9.17) is 0 Å². The smallest absolute Gasteiger partial charge is 0.250 e. The van der Waals surface area contributed by atoms with E-state index >= 15 is 0 Å². The van der Waals surface area contributed by atoms with Crippen LogP contribution in [0, 0.1) is 6.20 Å². The minimum atomic E-state index is -4.39. The molecule has 0 aliphatic carbocycles. The van der Waals surface area contributed by atoms with Crippen LogP contribution in [0.1, 0.15) is 0 Å². The molecule has 1 nitrogen and oxygen atoms in total. The number of alkyl halides is 3. The second-order valence-corrected chi connectivity index (χ2v) is 2.64. The van der Waals surface area contributed by atoms with Crippen molar-refractivity contribution in [2.24, 2.45) is 0 Å². The molecule has 0 spiro atoms. The van der Waals surface area contributed by atoms with Crippen molar-refractivity contribution in [1.82, 2.24) is 4.57 Å². The third kappa shape index (κ3) is 1.28. The number of benzene rings is 1. The van der Waals surface area contributed by atoms with E-state index in [2.05, 4.69) is 6.20 Å². The molecule has 2 rings (SSSR count). The van der Waals surface area contributed by atoms with Gasteiger partial charge in [0, 0.05) is 5.39 Å². The van der Waals surface area contributed by atoms with Crippen LogP contribution >= 0.6 is 0 Å². The highest BCUT2D eigenvalue weighted by molar-refractivity contribution is 5.79. The number of aromatic nitrogens is 1. The van der Waals surface area contributed by atoms with Gasteiger partial charge in [-0.25, -0.2) is 0 Å². The first-order chi connectivity index (χ1) is 6.09. The van der Waals surface area contributed by atoms with E-state index in [1.54, 1.807) is 18.2 Å². The second-order valence-electron chi connectivity index (χ2n) is 2.64. The molecule has 0 bridgehead atoms. The predicted octanol–water partition coefficient (Wildman–Crippen LogP) is 2.92. The van der Waals surface area contributed by atoms with Gasteiger partial charge in [-0.15, -0.1) is 13.2 Å². The second kappa shape index (κ2) is 2.52. The van der Waals surface area contributed by atoms with Gasteiger partial charge in [0.1, 0.15) is 0 Å². The third-order valence-electron chi connectivity index (χ3n) is 1.78. The predicted molar refractivity (Wildman–Crippen MR) is 42.1 cm³/mol. The van der Waals surface area contributed by atoms with Crippen LogP contribution in [-0.2, 0) is 6.30 Å². The summed E-state index contributed by atoms with van der Waals surface area (Å²) in [6.45, 7) is 0. The summed E-state index contributed by atoms with van der Waals surface area (Å²) in [6.07, 6.45) is -2.24. The van der Waals surface area contributed by atoms with Crippen LogP contribution in [0.15, 0.2) is 30.3 Å². The van der Waals surface area contributed by atoms with Crippen LogP contribution in [0.25, 0.3) is 10.9 Å². The summed E-state index contributed by atoms with van der Waals surface area (Å²) in [7, 11) is 0. The summed E-state index contributed by atoms with van der Waals surface area (Å²) in [6, 6.07) is 7.62. The first-order valence-electron chi connectivity index (χ1n) is 3.64. The molecule has 0 saturated heterocycles. The molecular weight excluding hydrogens is 179 g/mol. The Morgan fingerprint density at radius 3 is 2.54 bits per heavy atom. The van der Waals surface area contributed by atoms with Crippen molar-refractivity contribution >= 4 is 10.9 Å². The monoisotopic (exact) mass is 184 g/mol. The zero-order valence-electron chi connectivity index (χ0n) is 6.47. The van der Waals surface area contributed by atoms with Gasteiger partial charge in [-0.05, 0) is 12.1 Å². The van der Waals surface area contributed by atoms with Crippen molar-refractivity contribution in [3.8, 4) is 0 Å². The zero-order chi connectivity index (χ0) is 9.47. The van der Waals surface area contributed by atoms with Crippen molar-refractivity contribution in [1.29, 1.82) is 0 Å². The molecule has 0 amide bonds. The molecule has 0 fully saturated rings. The molecule has 1 radical (unpaired) electrons. The lowest BCUT2D eigenvalue weighted by atomic mass is 10.2. The maximum Gasteiger partial charge on any atom is 0.489 e. The van der Waals surface area contributed by atoms with Crippen molar-refractivity contribution in [3.63, 3.8) is 0 Å². The average molecular weight is 184 g/mol. The Hall–Kier alpha value is -1.45. The maximum absolute atomic E-state index is 12.3. The Morgan fingerprint density at radius 2 is 1.85 bits per heavy atom. The van der Waals surface area contributed by atoms with E-state index in [1.807, 2.05) is 0 Å².